The van der Waals surface area contributed by atoms with Crippen LogP contribution in [0.4, 0.5) is 13.2 Å². The molecule has 94 valence electrons. The molecule has 2 rings (SSSR count). The number of carboxylic acids is 1. The predicted octanol–water partition coefficient (Wildman–Crippen LogP) is 1.38. The molecule has 0 aliphatic rings. The lowest BCUT2D eigenvalue weighted by Gasteiger charge is -2.08. The van der Waals surface area contributed by atoms with E-state index in [0.29, 0.717) is 10.7 Å². The molecule has 18 heavy (non-hydrogen) atoms. The monoisotopic (exact) mass is 258 g/mol. The second-order valence-corrected chi connectivity index (χ2v) is 3.21. The van der Waals surface area contributed by atoms with E-state index in [9.17, 15) is 18.0 Å². The summed E-state index contributed by atoms with van der Waals surface area (Å²) < 4.78 is 38.5. The fourth-order valence-electron chi connectivity index (χ4n) is 1.27. The van der Waals surface area contributed by atoms with E-state index < -0.39 is 23.5 Å². The fourth-order valence-corrected chi connectivity index (χ4v) is 1.27. The van der Waals surface area contributed by atoms with Crippen molar-refractivity contribution in [2.45, 2.75) is 6.18 Å². The molecule has 2 aromatic rings. The molecular formula is C9H5F3N4O2. The van der Waals surface area contributed by atoms with Crippen LogP contribution in [0, 0.1) is 0 Å². The minimum absolute atomic E-state index is 0.211. The second kappa shape index (κ2) is 4.09. The minimum Gasteiger partial charge on any atom is -0.476 e. The lowest BCUT2D eigenvalue weighted by Crippen LogP contribution is -2.14. The average molecular weight is 258 g/mol. The SMILES string of the molecule is O=C(O)c1cc(C(F)(F)F)n(-c2cccnn2)n1. The van der Waals surface area contributed by atoms with E-state index >= 15 is 0 Å². The van der Waals surface area contributed by atoms with Crippen molar-refractivity contribution in [2.24, 2.45) is 0 Å². The van der Waals surface area contributed by atoms with Crippen LogP contribution in [0.1, 0.15) is 16.2 Å². The first-order valence-electron chi connectivity index (χ1n) is 4.58. The van der Waals surface area contributed by atoms with Gasteiger partial charge in [-0.25, -0.2) is 9.48 Å². The molecule has 0 unspecified atom stereocenters. The normalized spacial score (nSPS) is 11.5. The van der Waals surface area contributed by atoms with Crippen LogP contribution in [-0.2, 0) is 6.18 Å². The van der Waals surface area contributed by atoms with Crippen LogP contribution in [-0.4, -0.2) is 31.1 Å². The number of nitrogens with zero attached hydrogens (tertiary/aromatic N) is 4. The standard InChI is InChI=1S/C9H5F3N4O2/c10-9(11,12)6-4-5(8(17)18)15-16(6)7-2-1-3-13-14-7/h1-4H,(H,17,18). The molecule has 0 spiro atoms. The third kappa shape index (κ3) is 2.14. The van der Waals surface area contributed by atoms with Gasteiger partial charge in [0.05, 0.1) is 0 Å². The summed E-state index contributed by atoms with van der Waals surface area (Å²) in [5, 5.41) is 18.9. The summed E-state index contributed by atoms with van der Waals surface area (Å²) in [6.45, 7) is 0. The van der Waals surface area contributed by atoms with E-state index in [4.69, 9.17) is 5.11 Å². The zero-order valence-corrected chi connectivity index (χ0v) is 8.59. The molecule has 0 atom stereocenters. The number of halogens is 3. The van der Waals surface area contributed by atoms with Gasteiger partial charge in [0.15, 0.2) is 17.2 Å². The Bertz CT molecular complexity index is 579. The molecule has 2 heterocycles. The molecule has 0 aliphatic carbocycles. The summed E-state index contributed by atoms with van der Waals surface area (Å²) in [6.07, 6.45) is -3.46. The van der Waals surface area contributed by atoms with Crippen LogP contribution < -0.4 is 0 Å². The number of rotatable bonds is 2. The molecule has 0 bridgehead atoms. The number of carboxylic acid groups (broad SMARTS) is 1. The molecule has 0 amide bonds. The summed E-state index contributed by atoms with van der Waals surface area (Å²) in [6, 6.07) is 3.04. The summed E-state index contributed by atoms with van der Waals surface area (Å²) in [4.78, 5) is 10.6. The summed E-state index contributed by atoms with van der Waals surface area (Å²) in [5.74, 6) is -1.76. The van der Waals surface area contributed by atoms with E-state index in [1.807, 2.05) is 0 Å². The maximum atomic E-state index is 12.7. The van der Waals surface area contributed by atoms with Crippen molar-refractivity contribution in [3.63, 3.8) is 0 Å². The van der Waals surface area contributed by atoms with Gasteiger partial charge in [0.1, 0.15) is 0 Å². The predicted molar refractivity (Wildman–Crippen MR) is 51.1 cm³/mol. The van der Waals surface area contributed by atoms with E-state index in [1.165, 1.54) is 18.3 Å². The maximum absolute atomic E-state index is 12.7. The third-order valence-electron chi connectivity index (χ3n) is 1.99. The van der Waals surface area contributed by atoms with Gasteiger partial charge in [-0.05, 0) is 12.1 Å². The molecule has 0 aromatic carbocycles. The largest absolute Gasteiger partial charge is 0.476 e. The number of aromatic nitrogens is 4. The van der Waals surface area contributed by atoms with Crippen molar-refractivity contribution in [3.05, 3.63) is 35.8 Å². The molecule has 0 aliphatic heterocycles. The van der Waals surface area contributed by atoms with E-state index in [0.717, 1.165) is 0 Å². The van der Waals surface area contributed by atoms with Gasteiger partial charge in [-0.3, -0.25) is 0 Å². The van der Waals surface area contributed by atoms with E-state index in [1.54, 1.807) is 0 Å². The van der Waals surface area contributed by atoms with Crippen LogP contribution in [0.5, 0.6) is 0 Å². The molecule has 6 nitrogen and oxygen atoms in total. The van der Waals surface area contributed by atoms with Crippen molar-refractivity contribution in [1.29, 1.82) is 0 Å². The van der Waals surface area contributed by atoms with Crippen molar-refractivity contribution in [1.82, 2.24) is 20.0 Å². The van der Waals surface area contributed by atoms with Gasteiger partial charge >= 0.3 is 12.1 Å². The van der Waals surface area contributed by atoms with Gasteiger partial charge in [0.2, 0.25) is 0 Å². The topological polar surface area (TPSA) is 80.9 Å². The molecule has 2 aromatic heterocycles. The van der Waals surface area contributed by atoms with Gasteiger partial charge < -0.3 is 5.11 Å². The summed E-state index contributed by atoms with van der Waals surface area (Å²) in [7, 11) is 0. The number of alkyl halides is 3. The molecule has 1 N–H and O–H groups in total. The zero-order chi connectivity index (χ0) is 13.3. The van der Waals surface area contributed by atoms with Crippen LogP contribution in [0.15, 0.2) is 24.4 Å². The Morgan fingerprint density at radius 1 is 1.39 bits per heavy atom. The number of aromatic carboxylic acids is 1. The van der Waals surface area contributed by atoms with Crippen molar-refractivity contribution >= 4 is 5.97 Å². The first kappa shape index (κ1) is 12.0. The lowest BCUT2D eigenvalue weighted by molar-refractivity contribution is -0.142. The highest BCUT2D eigenvalue weighted by atomic mass is 19.4. The highest BCUT2D eigenvalue weighted by Gasteiger charge is 2.37. The molecule has 0 saturated carbocycles. The molecule has 0 saturated heterocycles. The Kier molecular flexibility index (Phi) is 2.73. The smallest absolute Gasteiger partial charge is 0.433 e. The Morgan fingerprint density at radius 2 is 2.11 bits per heavy atom. The van der Waals surface area contributed by atoms with Gasteiger partial charge in [-0.1, -0.05) is 0 Å². The Balaban J connectivity index is 2.62. The zero-order valence-electron chi connectivity index (χ0n) is 8.59. The molecule has 0 radical (unpaired) electrons. The highest BCUT2D eigenvalue weighted by molar-refractivity contribution is 5.85. The molecular weight excluding hydrogens is 253 g/mol. The average Bonchev–Trinajstić information content (AvgIpc) is 2.74. The van der Waals surface area contributed by atoms with Crippen LogP contribution in [0.3, 0.4) is 0 Å². The van der Waals surface area contributed by atoms with Crippen LogP contribution >= 0.6 is 0 Å². The van der Waals surface area contributed by atoms with Gasteiger partial charge in [-0.15, -0.1) is 5.10 Å². The van der Waals surface area contributed by atoms with Gasteiger partial charge in [0, 0.05) is 12.3 Å². The highest BCUT2D eigenvalue weighted by Crippen LogP contribution is 2.31. The Morgan fingerprint density at radius 3 is 2.61 bits per heavy atom. The second-order valence-electron chi connectivity index (χ2n) is 3.21. The fraction of sp³-hybridized carbons (Fsp3) is 0.111. The first-order valence-corrected chi connectivity index (χ1v) is 4.58. The summed E-state index contributed by atoms with van der Waals surface area (Å²) in [5.41, 5.74) is -1.94. The van der Waals surface area contributed by atoms with E-state index in [2.05, 4.69) is 15.3 Å². The van der Waals surface area contributed by atoms with Crippen molar-refractivity contribution in [3.8, 4) is 5.82 Å². The van der Waals surface area contributed by atoms with Crippen molar-refractivity contribution in [2.75, 3.05) is 0 Å². The minimum atomic E-state index is -4.74. The third-order valence-corrected chi connectivity index (χ3v) is 1.99. The molecule has 0 fully saturated rings. The number of hydrogen-bond donors (Lipinski definition) is 1. The molecule has 9 heteroatoms. The van der Waals surface area contributed by atoms with Gasteiger partial charge in [0.25, 0.3) is 0 Å². The van der Waals surface area contributed by atoms with Crippen LogP contribution in [0.25, 0.3) is 5.82 Å². The van der Waals surface area contributed by atoms with E-state index in [-0.39, 0.29) is 5.82 Å². The lowest BCUT2D eigenvalue weighted by atomic mass is 10.3. The maximum Gasteiger partial charge on any atom is 0.433 e. The Hall–Kier alpha value is -2.45. The first-order chi connectivity index (χ1) is 8.39. The number of hydrogen-bond acceptors (Lipinski definition) is 4. The number of carbonyl (C=O) groups is 1. The van der Waals surface area contributed by atoms with Crippen LogP contribution in [0.2, 0.25) is 0 Å². The summed E-state index contributed by atoms with van der Waals surface area (Å²) >= 11 is 0. The Labute approximate surface area is 97.7 Å². The van der Waals surface area contributed by atoms with Crippen molar-refractivity contribution < 1.29 is 23.1 Å². The van der Waals surface area contributed by atoms with Gasteiger partial charge in [-0.2, -0.15) is 23.4 Å². The quantitative estimate of drug-likeness (QED) is 0.880.